The van der Waals surface area contributed by atoms with Crippen molar-refractivity contribution in [2.45, 2.75) is 39.5 Å². The lowest BCUT2D eigenvalue weighted by atomic mass is 10.2. The van der Waals surface area contributed by atoms with Crippen molar-refractivity contribution in [3.63, 3.8) is 0 Å². The van der Waals surface area contributed by atoms with E-state index >= 15 is 0 Å². The van der Waals surface area contributed by atoms with Gasteiger partial charge in [0.15, 0.2) is 0 Å². The van der Waals surface area contributed by atoms with Gasteiger partial charge in [-0.15, -0.1) is 0 Å². The summed E-state index contributed by atoms with van der Waals surface area (Å²) in [7, 11) is 0. The van der Waals surface area contributed by atoms with E-state index < -0.39 is 0 Å². The molecule has 0 heterocycles. The maximum atomic E-state index is 12.0. The van der Waals surface area contributed by atoms with Crippen LogP contribution in [0.5, 0.6) is 5.75 Å². The van der Waals surface area contributed by atoms with Gasteiger partial charge in [0.2, 0.25) is 11.8 Å². The van der Waals surface area contributed by atoms with Crippen LogP contribution >= 0.6 is 0 Å². The summed E-state index contributed by atoms with van der Waals surface area (Å²) in [6.45, 7) is 5.52. The highest BCUT2D eigenvalue weighted by atomic mass is 16.3. The zero-order valence-electron chi connectivity index (χ0n) is 12.8. The van der Waals surface area contributed by atoms with Crippen LogP contribution in [0.15, 0.2) is 24.3 Å². The second kappa shape index (κ2) is 9.00. The van der Waals surface area contributed by atoms with Crippen LogP contribution in [-0.2, 0) is 9.59 Å². The Labute approximate surface area is 126 Å². The molecule has 0 aliphatic heterocycles. The first-order valence-electron chi connectivity index (χ1n) is 7.44. The van der Waals surface area contributed by atoms with Gasteiger partial charge in [-0.1, -0.05) is 26.0 Å². The summed E-state index contributed by atoms with van der Waals surface area (Å²) < 4.78 is 0. The van der Waals surface area contributed by atoms with Gasteiger partial charge in [0, 0.05) is 25.9 Å². The molecule has 0 aliphatic rings. The molecule has 1 rings (SSSR count). The molecule has 1 aromatic rings. The molecule has 5 heteroatoms. The molecule has 5 nitrogen and oxygen atoms in total. The Kier molecular flexibility index (Phi) is 7.29. The Morgan fingerprint density at radius 2 is 1.71 bits per heavy atom. The molecule has 21 heavy (non-hydrogen) atoms. The third-order valence-corrected chi connectivity index (χ3v) is 3.08. The van der Waals surface area contributed by atoms with E-state index in [0.717, 1.165) is 25.9 Å². The second-order valence-electron chi connectivity index (χ2n) is 4.95. The van der Waals surface area contributed by atoms with Crippen LogP contribution in [0, 0.1) is 0 Å². The van der Waals surface area contributed by atoms with E-state index in [4.69, 9.17) is 0 Å². The Morgan fingerprint density at radius 3 is 2.29 bits per heavy atom. The van der Waals surface area contributed by atoms with Gasteiger partial charge in [-0.2, -0.15) is 0 Å². The number of phenols is 1. The zero-order valence-corrected chi connectivity index (χ0v) is 12.8. The number of nitrogens with one attached hydrogen (secondary N) is 1. The highest BCUT2D eigenvalue weighted by Crippen LogP contribution is 2.21. The number of carbonyl (C=O) groups is 2. The highest BCUT2D eigenvalue weighted by molar-refractivity contribution is 5.94. The van der Waals surface area contributed by atoms with Gasteiger partial charge in [-0.3, -0.25) is 9.59 Å². The van der Waals surface area contributed by atoms with Gasteiger partial charge in [0.05, 0.1) is 5.69 Å². The van der Waals surface area contributed by atoms with E-state index in [1.165, 1.54) is 6.07 Å². The maximum absolute atomic E-state index is 12.0. The third kappa shape index (κ3) is 5.85. The van der Waals surface area contributed by atoms with E-state index in [1.54, 1.807) is 23.1 Å². The van der Waals surface area contributed by atoms with Crippen LogP contribution in [0.2, 0.25) is 0 Å². The summed E-state index contributed by atoms with van der Waals surface area (Å²) in [5.74, 6) is -0.236. The van der Waals surface area contributed by atoms with E-state index in [1.807, 2.05) is 13.8 Å². The van der Waals surface area contributed by atoms with Gasteiger partial charge in [0.1, 0.15) is 5.75 Å². The monoisotopic (exact) mass is 292 g/mol. The fraction of sp³-hybridized carbons (Fsp3) is 0.500. The molecule has 0 atom stereocenters. The van der Waals surface area contributed by atoms with E-state index in [0.29, 0.717) is 5.69 Å². The van der Waals surface area contributed by atoms with Crippen molar-refractivity contribution in [2.75, 3.05) is 18.4 Å². The summed E-state index contributed by atoms with van der Waals surface area (Å²) in [5, 5.41) is 12.2. The Hall–Kier alpha value is -2.04. The van der Waals surface area contributed by atoms with Crippen molar-refractivity contribution in [1.29, 1.82) is 0 Å². The lowest BCUT2D eigenvalue weighted by molar-refractivity contribution is -0.132. The van der Waals surface area contributed by atoms with Crippen LogP contribution in [0.1, 0.15) is 39.5 Å². The smallest absolute Gasteiger partial charge is 0.224 e. The minimum atomic E-state index is -0.266. The van der Waals surface area contributed by atoms with Crippen molar-refractivity contribution < 1.29 is 14.7 Å². The molecule has 116 valence electrons. The molecule has 0 fully saturated rings. The first-order chi connectivity index (χ1) is 10.1. The molecule has 2 N–H and O–H groups in total. The molecule has 0 bridgehead atoms. The minimum Gasteiger partial charge on any atom is -0.506 e. The van der Waals surface area contributed by atoms with Crippen molar-refractivity contribution in [1.82, 2.24) is 4.90 Å². The van der Waals surface area contributed by atoms with Gasteiger partial charge in [0.25, 0.3) is 0 Å². The van der Waals surface area contributed by atoms with Crippen LogP contribution in [0.4, 0.5) is 5.69 Å². The number of carbonyl (C=O) groups excluding carboxylic acids is 2. The highest BCUT2D eigenvalue weighted by Gasteiger charge is 2.14. The number of anilines is 1. The lowest BCUT2D eigenvalue weighted by Gasteiger charge is -2.21. The largest absolute Gasteiger partial charge is 0.506 e. The topological polar surface area (TPSA) is 69.6 Å². The first kappa shape index (κ1) is 17.0. The van der Waals surface area contributed by atoms with E-state index in [2.05, 4.69) is 5.32 Å². The predicted molar refractivity (Wildman–Crippen MR) is 83.1 cm³/mol. The Bertz CT molecular complexity index is 468. The first-order valence-corrected chi connectivity index (χ1v) is 7.44. The molecule has 0 spiro atoms. The molecule has 2 amide bonds. The van der Waals surface area contributed by atoms with E-state index in [9.17, 15) is 14.7 Å². The number of amides is 2. The van der Waals surface area contributed by atoms with Gasteiger partial charge in [-0.05, 0) is 25.0 Å². The maximum Gasteiger partial charge on any atom is 0.224 e. The van der Waals surface area contributed by atoms with Crippen LogP contribution in [-0.4, -0.2) is 34.9 Å². The lowest BCUT2D eigenvalue weighted by Crippen LogP contribution is -2.33. The molecular formula is C16H24N2O3. The van der Waals surface area contributed by atoms with Gasteiger partial charge >= 0.3 is 0 Å². The molecule has 0 radical (unpaired) electrons. The number of hydrogen-bond donors (Lipinski definition) is 2. The predicted octanol–water partition coefficient (Wildman–Crippen LogP) is 2.76. The molecule has 0 unspecified atom stereocenters. The number of rotatable bonds is 8. The average Bonchev–Trinajstić information content (AvgIpc) is 2.47. The molecule has 0 aliphatic carbocycles. The summed E-state index contributed by atoms with van der Waals surface area (Å²) in [4.78, 5) is 25.7. The second-order valence-corrected chi connectivity index (χ2v) is 4.95. The number of benzene rings is 1. The Morgan fingerprint density at radius 1 is 1.10 bits per heavy atom. The normalized spacial score (nSPS) is 10.2. The number of hydrogen-bond acceptors (Lipinski definition) is 3. The van der Waals surface area contributed by atoms with Gasteiger partial charge in [-0.25, -0.2) is 0 Å². The molecule has 0 saturated heterocycles. The third-order valence-electron chi connectivity index (χ3n) is 3.08. The van der Waals surface area contributed by atoms with Crippen molar-refractivity contribution >= 4 is 17.5 Å². The number of aromatic hydroxyl groups is 1. The van der Waals surface area contributed by atoms with Crippen LogP contribution in [0.25, 0.3) is 0 Å². The van der Waals surface area contributed by atoms with Crippen LogP contribution < -0.4 is 5.32 Å². The quantitative estimate of drug-likeness (QED) is 0.724. The van der Waals surface area contributed by atoms with E-state index in [-0.39, 0.29) is 30.4 Å². The molecule has 0 aromatic heterocycles. The summed E-state index contributed by atoms with van der Waals surface area (Å²) in [5.41, 5.74) is 0.369. The Balaban J connectivity index is 2.45. The molecule has 0 saturated carbocycles. The molecule has 1 aromatic carbocycles. The fourth-order valence-electron chi connectivity index (χ4n) is 2.07. The zero-order chi connectivity index (χ0) is 15.7. The summed E-state index contributed by atoms with van der Waals surface area (Å²) in [6.07, 6.45) is 2.14. The minimum absolute atomic E-state index is 0.00568. The van der Waals surface area contributed by atoms with Crippen LogP contribution in [0.3, 0.4) is 0 Å². The average molecular weight is 292 g/mol. The van der Waals surface area contributed by atoms with Crippen molar-refractivity contribution in [2.24, 2.45) is 0 Å². The van der Waals surface area contributed by atoms with Crippen molar-refractivity contribution in [3.05, 3.63) is 24.3 Å². The number of nitrogens with zero attached hydrogens (tertiary/aromatic N) is 1. The SMILES string of the molecule is CCCN(CCC)C(=O)CCC(=O)Nc1ccccc1O. The fourth-order valence-corrected chi connectivity index (χ4v) is 2.07. The standard InChI is InChI=1S/C16H24N2O3/c1-3-11-18(12-4-2)16(21)10-9-15(20)17-13-7-5-6-8-14(13)19/h5-8,19H,3-4,9-12H2,1-2H3,(H,17,20). The summed E-state index contributed by atoms with van der Waals surface area (Å²) in [6, 6.07) is 6.53. The summed E-state index contributed by atoms with van der Waals surface area (Å²) >= 11 is 0. The van der Waals surface area contributed by atoms with Crippen molar-refractivity contribution in [3.8, 4) is 5.75 Å². The van der Waals surface area contributed by atoms with Gasteiger partial charge < -0.3 is 15.3 Å². The molecular weight excluding hydrogens is 268 g/mol. The number of para-hydroxylation sites is 2. The number of phenolic OH excluding ortho intramolecular Hbond substituents is 1.